The maximum Gasteiger partial charge on any atom is 0.256 e. The quantitative estimate of drug-likeness (QED) is 0.802. The monoisotopic (exact) mass is 268 g/mol. The number of aryl methyl sites for hydroxylation is 1. The molecule has 0 aliphatic heterocycles. The topological polar surface area (TPSA) is 85.0 Å². The molecule has 0 saturated carbocycles. The fourth-order valence-corrected chi connectivity index (χ4v) is 1.74. The second kappa shape index (κ2) is 6.40. The summed E-state index contributed by atoms with van der Waals surface area (Å²) in [6, 6.07) is 3.46. The first-order valence-corrected chi connectivity index (χ1v) is 5.84. The van der Waals surface area contributed by atoms with Crippen molar-refractivity contribution in [2.24, 2.45) is 5.73 Å². The number of nitrogens with zero attached hydrogens (tertiary/aromatic N) is 1. The van der Waals surface area contributed by atoms with Gasteiger partial charge < -0.3 is 25.2 Å². The molecule has 0 aliphatic carbocycles. The number of carbonyl (C=O) groups is 1. The Morgan fingerprint density at radius 1 is 1.37 bits per heavy atom. The lowest BCUT2D eigenvalue weighted by atomic mass is 10.1. The van der Waals surface area contributed by atoms with Crippen LogP contribution < -0.4 is 20.1 Å². The molecule has 1 unspecified atom stereocenters. The van der Waals surface area contributed by atoms with Gasteiger partial charge in [0, 0.05) is 19.7 Å². The first-order chi connectivity index (χ1) is 8.96. The van der Waals surface area contributed by atoms with E-state index in [2.05, 4.69) is 0 Å². The van der Waals surface area contributed by atoms with Gasteiger partial charge in [0.2, 0.25) is 0 Å². The zero-order valence-corrected chi connectivity index (χ0v) is 11.6. The van der Waals surface area contributed by atoms with Gasteiger partial charge in [0.15, 0.2) is 0 Å². The number of aliphatic hydroxyl groups is 1. The van der Waals surface area contributed by atoms with Crippen LogP contribution in [0.25, 0.3) is 0 Å². The van der Waals surface area contributed by atoms with E-state index < -0.39 is 12.0 Å². The van der Waals surface area contributed by atoms with Crippen LogP contribution in [0.4, 0.5) is 5.69 Å². The Labute approximate surface area is 112 Å². The molecule has 0 aliphatic rings. The number of rotatable bonds is 5. The number of hydrogen-bond acceptors (Lipinski definition) is 5. The van der Waals surface area contributed by atoms with Gasteiger partial charge in [-0.2, -0.15) is 0 Å². The summed E-state index contributed by atoms with van der Waals surface area (Å²) in [5, 5.41) is 9.51. The van der Waals surface area contributed by atoms with Crippen molar-refractivity contribution in [1.82, 2.24) is 0 Å². The molecule has 0 bridgehead atoms. The number of anilines is 1. The second-order valence-electron chi connectivity index (χ2n) is 4.14. The maximum absolute atomic E-state index is 11.9. The molecule has 19 heavy (non-hydrogen) atoms. The fraction of sp³-hybridized carbons (Fsp3) is 0.462. The Balaban J connectivity index is 3.20. The largest absolute Gasteiger partial charge is 0.496 e. The van der Waals surface area contributed by atoms with E-state index in [4.69, 9.17) is 15.2 Å². The van der Waals surface area contributed by atoms with E-state index in [9.17, 15) is 9.90 Å². The predicted molar refractivity (Wildman–Crippen MR) is 72.8 cm³/mol. The van der Waals surface area contributed by atoms with Gasteiger partial charge in [-0.3, -0.25) is 4.79 Å². The molecule has 3 N–H and O–H groups in total. The van der Waals surface area contributed by atoms with E-state index in [0.717, 1.165) is 5.56 Å². The third kappa shape index (κ3) is 3.15. The lowest BCUT2D eigenvalue weighted by Gasteiger charge is -2.23. The van der Waals surface area contributed by atoms with Gasteiger partial charge in [0.1, 0.15) is 17.6 Å². The number of carbonyl (C=O) groups excluding carboxylic acids is 1. The highest BCUT2D eigenvalue weighted by Crippen LogP contribution is 2.34. The molecular formula is C13H20N2O4. The van der Waals surface area contributed by atoms with Crippen LogP contribution in [0.15, 0.2) is 12.1 Å². The Morgan fingerprint density at radius 3 is 2.42 bits per heavy atom. The molecule has 0 aromatic heterocycles. The number of methoxy groups -OCH3 is 2. The summed E-state index contributed by atoms with van der Waals surface area (Å²) in [6.45, 7) is 1.75. The van der Waals surface area contributed by atoms with Crippen molar-refractivity contribution in [3.63, 3.8) is 0 Å². The van der Waals surface area contributed by atoms with Gasteiger partial charge in [-0.25, -0.2) is 0 Å². The number of likely N-dealkylation sites (N-methyl/N-ethyl adjacent to an activating group) is 1. The molecule has 0 heterocycles. The molecule has 106 valence electrons. The van der Waals surface area contributed by atoms with Crippen molar-refractivity contribution in [2.45, 2.75) is 13.0 Å². The van der Waals surface area contributed by atoms with Crippen molar-refractivity contribution in [3.05, 3.63) is 17.7 Å². The molecular weight excluding hydrogens is 248 g/mol. The minimum absolute atomic E-state index is 0.130. The molecule has 1 rings (SSSR count). The minimum atomic E-state index is -1.23. The number of benzene rings is 1. The number of amides is 1. The average molecular weight is 268 g/mol. The summed E-state index contributed by atoms with van der Waals surface area (Å²) in [7, 11) is 4.62. The van der Waals surface area contributed by atoms with E-state index in [1.54, 1.807) is 26.3 Å². The molecule has 6 nitrogen and oxygen atoms in total. The third-order valence-corrected chi connectivity index (χ3v) is 2.90. The fourth-order valence-electron chi connectivity index (χ4n) is 1.74. The number of nitrogens with two attached hydrogens (primary N) is 1. The van der Waals surface area contributed by atoms with E-state index >= 15 is 0 Å². The summed E-state index contributed by atoms with van der Waals surface area (Å²) in [5.74, 6) is 0.669. The zero-order valence-electron chi connectivity index (χ0n) is 11.6. The molecule has 1 aromatic rings. The Morgan fingerprint density at radius 2 is 1.95 bits per heavy atom. The molecule has 6 heteroatoms. The van der Waals surface area contributed by atoms with E-state index in [1.165, 1.54) is 12.0 Å². The van der Waals surface area contributed by atoms with E-state index in [1.807, 2.05) is 6.92 Å². The summed E-state index contributed by atoms with van der Waals surface area (Å²) >= 11 is 0. The Kier molecular flexibility index (Phi) is 5.14. The van der Waals surface area contributed by atoms with Crippen LogP contribution in [-0.2, 0) is 4.79 Å². The van der Waals surface area contributed by atoms with Gasteiger partial charge in [0.05, 0.1) is 19.9 Å². The third-order valence-electron chi connectivity index (χ3n) is 2.90. The first kappa shape index (κ1) is 15.3. The zero-order chi connectivity index (χ0) is 14.6. The minimum Gasteiger partial charge on any atom is -0.496 e. The highest BCUT2D eigenvalue weighted by atomic mass is 16.5. The van der Waals surface area contributed by atoms with Crippen molar-refractivity contribution >= 4 is 11.6 Å². The van der Waals surface area contributed by atoms with Crippen molar-refractivity contribution in [2.75, 3.05) is 32.7 Å². The Hall–Kier alpha value is -1.79. The van der Waals surface area contributed by atoms with Crippen LogP contribution in [0.5, 0.6) is 11.5 Å². The van der Waals surface area contributed by atoms with Crippen LogP contribution in [0.2, 0.25) is 0 Å². The van der Waals surface area contributed by atoms with Gasteiger partial charge in [-0.15, -0.1) is 0 Å². The van der Waals surface area contributed by atoms with Gasteiger partial charge in [-0.05, 0) is 18.6 Å². The van der Waals surface area contributed by atoms with Crippen molar-refractivity contribution in [1.29, 1.82) is 0 Å². The number of aliphatic hydroxyl groups excluding tert-OH is 1. The van der Waals surface area contributed by atoms with Gasteiger partial charge in [-0.1, -0.05) is 0 Å². The number of ether oxygens (including phenoxy) is 2. The highest BCUT2D eigenvalue weighted by Gasteiger charge is 2.22. The highest BCUT2D eigenvalue weighted by molar-refractivity contribution is 5.97. The van der Waals surface area contributed by atoms with Gasteiger partial charge in [0.25, 0.3) is 5.91 Å². The van der Waals surface area contributed by atoms with Crippen LogP contribution in [0, 0.1) is 6.92 Å². The van der Waals surface area contributed by atoms with E-state index in [0.29, 0.717) is 17.2 Å². The van der Waals surface area contributed by atoms with Crippen molar-refractivity contribution in [3.8, 4) is 11.5 Å². The predicted octanol–water partition coefficient (Wildman–Crippen LogP) is 0.295. The summed E-state index contributed by atoms with van der Waals surface area (Å²) < 4.78 is 10.5. The molecule has 1 amide bonds. The lowest BCUT2D eigenvalue weighted by molar-refractivity contribution is -0.125. The normalized spacial score (nSPS) is 11.9. The second-order valence-corrected chi connectivity index (χ2v) is 4.14. The molecule has 0 saturated heterocycles. The molecule has 0 spiro atoms. The summed E-state index contributed by atoms with van der Waals surface area (Å²) in [4.78, 5) is 13.2. The molecule has 0 radical (unpaired) electrons. The lowest BCUT2D eigenvalue weighted by Crippen LogP contribution is -2.40. The number of hydrogen-bond donors (Lipinski definition) is 2. The Bertz CT molecular complexity index is 462. The average Bonchev–Trinajstić information content (AvgIpc) is 2.44. The van der Waals surface area contributed by atoms with Crippen molar-refractivity contribution < 1.29 is 19.4 Å². The van der Waals surface area contributed by atoms with Crippen LogP contribution in [-0.4, -0.2) is 44.9 Å². The maximum atomic E-state index is 11.9. The molecule has 0 fully saturated rings. The first-order valence-electron chi connectivity index (χ1n) is 5.84. The summed E-state index contributed by atoms with van der Waals surface area (Å²) in [5.41, 5.74) is 6.69. The van der Waals surface area contributed by atoms with Crippen LogP contribution in [0.3, 0.4) is 0 Å². The molecule has 1 atom stereocenters. The van der Waals surface area contributed by atoms with Gasteiger partial charge >= 0.3 is 0 Å². The van der Waals surface area contributed by atoms with Crippen LogP contribution >= 0.6 is 0 Å². The SMILES string of the molecule is COc1cc(N(C)C(=O)C(O)CN)c(OC)cc1C. The standard InChI is InChI=1S/C13H20N2O4/c1-8-5-12(19-4)9(6-11(8)18-3)15(2)13(17)10(16)7-14/h5-6,10,16H,7,14H2,1-4H3. The van der Waals surface area contributed by atoms with Crippen LogP contribution in [0.1, 0.15) is 5.56 Å². The molecule has 1 aromatic carbocycles. The van der Waals surface area contributed by atoms with E-state index in [-0.39, 0.29) is 6.54 Å². The summed E-state index contributed by atoms with van der Waals surface area (Å²) in [6.07, 6.45) is -1.23. The smallest absolute Gasteiger partial charge is 0.256 e.